The molecule has 0 spiro atoms. The number of fused-ring (bicyclic) bond motifs is 4. The molecule has 19 heavy (non-hydrogen) atoms. The zero-order chi connectivity index (χ0) is 13.0. The smallest absolute Gasteiger partial charge is 0.181 e. The molecular weight excluding hydrogens is 240 g/mol. The van der Waals surface area contributed by atoms with E-state index >= 15 is 0 Å². The van der Waals surface area contributed by atoms with Gasteiger partial charge < -0.3 is 4.57 Å². The molecule has 0 unspecified atom stereocenters. The summed E-state index contributed by atoms with van der Waals surface area (Å²) in [5.41, 5.74) is 4.50. The first-order chi connectivity index (χ1) is 9.22. The molecule has 0 saturated carbocycles. The fourth-order valence-electron chi connectivity index (χ4n) is 2.95. The van der Waals surface area contributed by atoms with E-state index in [-0.39, 0.29) is 11.6 Å². The van der Waals surface area contributed by atoms with Crippen molar-refractivity contribution in [3.8, 4) is 0 Å². The molecule has 4 nitrogen and oxygen atoms in total. The predicted octanol–water partition coefficient (Wildman–Crippen LogP) is 2.00. The number of aromatic nitrogens is 1. The highest BCUT2D eigenvalue weighted by atomic mass is 16.1. The van der Waals surface area contributed by atoms with Gasteiger partial charge in [0.25, 0.3) is 0 Å². The van der Waals surface area contributed by atoms with Gasteiger partial charge >= 0.3 is 0 Å². The Kier molecular flexibility index (Phi) is 2.04. The summed E-state index contributed by atoms with van der Waals surface area (Å²) in [6, 6.07) is 0. The summed E-state index contributed by atoms with van der Waals surface area (Å²) in [5, 5.41) is 0. The van der Waals surface area contributed by atoms with Gasteiger partial charge in [0.05, 0.1) is 17.8 Å². The second kappa shape index (κ2) is 3.63. The highest BCUT2D eigenvalue weighted by molar-refractivity contribution is 6.47. The number of ketones is 2. The molecule has 4 heteroatoms. The topological polar surface area (TPSA) is 51.4 Å². The lowest BCUT2D eigenvalue weighted by molar-refractivity contribution is -0.114. The number of Topliss-reactive ketones (excluding diaryl/α,β-unsaturated/α-hetero) is 1. The first-order valence-electron chi connectivity index (χ1n) is 6.47. The van der Waals surface area contributed by atoms with E-state index in [0.29, 0.717) is 18.6 Å². The summed E-state index contributed by atoms with van der Waals surface area (Å²) in [7, 11) is 0. The van der Waals surface area contributed by atoms with Crippen molar-refractivity contribution in [2.24, 2.45) is 4.99 Å². The number of allylic oxidation sites excluding steroid dienone is 3. The summed E-state index contributed by atoms with van der Waals surface area (Å²) < 4.78 is 1.96. The quantitative estimate of drug-likeness (QED) is 0.709. The Labute approximate surface area is 110 Å². The third kappa shape index (κ3) is 1.49. The molecule has 0 amide bonds. The second-order valence-corrected chi connectivity index (χ2v) is 5.14. The summed E-state index contributed by atoms with van der Waals surface area (Å²) in [6.07, 6.45) is 9.98. The average molecular weight is 252 g/mol. The van der Waals surface area contributed by atoms with E-state index < -0.39 is 0 Å². The van der Waals surface area contributed by atoms with E-state index in [0.717, 1.165) is 35.4 Å². The minimum atomic E-state index is 0.0879. The first-order valence-corrected chi connectivity index (χ1v) is 6.47. The van der Waals surface area contributed by atoms with Crippen molar-refractivity contribution in [1.82, 2.24) is 4.57 Å². The standard InChI is InChI=1S/C15H12N2O2/c18-11-4-5-17-8-10-6-9-2-1-3-13(19)15(9)16-14(10)12(17)7-11/h2,4-5,8H,1,3,6-7H2. The molecule has 94 valence electrons. The van der Waals surface area contributed by atoms with Crippen LogP contribution in [-0.2, 0) is 22.4 Å². The van der Waals surface area contributed by atoms with Crippen molar-refractivity contribution in [3.63, 3.8) is 0 Å². The van der Waals surface area contributed by atoms with E-state index in [1.54, 1.807) is 12.3 Å². The van der Waals surface area contributed by atoms with Crippen molar-refractivity contribution in [1.29, 1.82) is 0 Å². The fourth-order valence-corrected chi connectivity index (χ4v) is 2.95. The molecule has 0 saturated heterocycles. The van der Waals surface area contributed by atoms with Gasteiger partial charge in [-0.3, -0.25) is 9.59 Å². The fraction of sp³-hybridized carbons (Fsp3) is 0.267. The minimum Gasteiger partial charge on any atom is -0.324 e. The van der Waals surface area contributed by atoms with Crippen molar-refractivity contribution in [2.45, 2.75) is 25.7 Å². The lowest BCUT2D eigenvalue weighted by Gasteiger charge is -2.19. The predicted molar refractivity (Wildman–Crippen MR) is 71.6 cm³/mol. The zero-order valence-corrected chi connectivity index (χ0v) is 10.3. The SMILES string of the molecule is O=C1C=Cn2cc3c(c2C1)N=C1C(=O)CCC=C1C3. The third-order valence-electron chi connectivity index (χ3n) is 3.88. The molecular formula is C15H12N2O2. The van der Waals surface area contributed by atoms with Crippen LogP contribution in [0.2, 0.25) is 0 Å². The van der Waals surface area contributed by atoms with Gasteiger partial charge in [-0.1, -0.05) is 6.08 Å². The largest absolute Gasteiger partial charge is 0.324 e. The lowest BCUT2D eigenvalue weighted by Crippen LogP contribution is -2.23. The van der Waals surface area contributed by atoms with Gasteiger partial charge in [0, 0.05) is 30.8 Å². The summed E-state index contributed by atoms with van der Waals surface area (Å²) in [4.78, 5) is 28.0. The highest BCUT2D eigenvalue weighted by Gasteiger charge is 2.29. The van der Waals surface area contributed by atoms with Crippen LogP contribution in [0.4, 0.5) is 5.69 Å². The van der Waals surface area contributed by atoms with E-state index in [4.69, 9.17) is 0 Å². The van der Waals surface area contributed by atoms with Gasteiger partial charge in [0.1, 0.15) is 5.71 Å². The lowest BCUT2D eigenvalue weighted by atomic mass is 9.89. The molecule has 3 heterocycles. The molecule has 3 aliphatic rings. The maximum atomic E-state index is 11.9. The highest BCUT2D eigenvalue weighted by Crippen LogP contribution is 2.36. The number of hydrogen-bond donors (Lipinski definition) is 0. The molecule has 2 aliphatic heterocycles. The number of rotatable bonds is 0. The van der Waals surface area contributed by atoms with Gasteiger partial charge in [-0.15, -0.1) is 0 Å². The Morgan fingerprint density at radius 3 is 3.00 bits per heavy atom. The van der Waals surface area contributed by atoms with Crippen LogP contribution in [0.5, 0.6) is 0 Å². The van der Waals surface area contributed by atoms with Crippen LogP contribution in [0.3, 0.4) is 0 Å². The Bertz CT molecular complexity index is 717. The van der Waals surface area contributed by atoms with Crippen LogP contribution in [0, 0.1) is 0 Å². The zero-order valence-electron chi connectivity index (χ0n) is 10.3. The van der Waals surface area contributed by atoms with Crippen molar-refractivity contribution in [2.75, 3.05) is 0 Å². The monoisotopic (exact) mass is 252 g/mol. The molecule has 0 fully saturated rings. The normalized spacial score (nSPS) is 20.4. The third-order valence-corrected chi connectivity index (χ3v) is 3.88. The first kappa shape index (κ1) is 10.7. The molecule has 0 radical (unpaired) electrons. The van der Waals surface area contributed by atoms with E-state index in [9.17, 15) is 9.59 Å². The van der Waals surface area contributed by atoms with Gasteiger partial charge in [0.15, 0.2) is 11.6 Å². The van der Waals surface area contributed by atoms with Gasteiger partial charge in [-0.25, -0.2) is 4.99 Å². The number of nitrogens with zero attached hydrogens (tertiary/aromatic N) is 2. The molecule has 1 aromatic rings. The summed E-state index contributed by atoms with van der Waals surface area (Å²) in [5.74, 6) is 0.214. The van der Waals surface area contributed by atoms with Crippen LogP contribution in [0.25, 0.3) is 6.20 Å². The minimum absolute atomic E-state index is 0.0879. The van der Waals surface area contributed by atoms with Crippen LogP contribution in [-0.4, -0.2) is 21.8 Å². The molecule has 4 rings (SSSR count). The Morgan fingerprint density at radius 2 is 2.11 bits per heavy atom. The molecule has 1 aromatic heterocycles. The second-order valence-electron chi connectivity index (χ2n) is 5.14. The van der Waals surface area contributed by atoms with Gasteiger partial charge in [-0.05, 0) is 18.1 Å². The Balaban J connectivity index is 1.91. The van der Waals surface area contributed by atoms with Crippen LogP contribution in [0.1, 0.15) is 24.1 Å². The van der Waals surface area contributed by atoms with Crippen LogP contribution < -0.4 is 0 Å². The average Bonchev–Trinajstić information content (AvgIpc) is 2.74. The molecule has 0 N–H and O–H groups in total. The van der Waals surface area contributed by atoms with Crippen molar-refractivity contribution >= 4 is 29.2 Å². The molecule has 0 aromatic carbocycles. The number of carbonyl (C=O) groups is 2. The van der Waals surface area contributed by atoms with E-state index in [1.165, 1.54) is 0 Å². The summed E-state index contributed by atoms with van der Waals surface area (Å²) in [6.45, 7) is 0. The van der Waals surface area contributed by atoms with Crippen molar-refractivity contribution < 1.29 is 9.59 Å². The van der Waals surface area contributed by atoms with E-state index in [1.807, 2.05) is 10.8 Å². The van der Waals surface area contributed by atoms with Crippen LogP contribution >= 0.6 is 0 Å². The van der Waals surface area contributed by atoms with Crippen molar-refractivity contribution in [3.05, 3.63) is 35.2 Å². The van der Waals surface area contributed by atoms with E-state index in [2.05, 4.69) is 11.1 Å². The molecule has 0 bridgehead atoms. The summed E-state index contributed by atoms with van der Waals surface area (Å²) >= 11 is 0. The number of hydrogen-bond acceptors (Lipinski definition) is 3. The van der Waals surface area contributed by atoms with Crippen LogP contribution in [0.15, 0.2) is 28.9 Å². The number of aliphatic imine (C=N–C) groups is 1. The Morgan fingerprint density at radius 1 is 1.21 bits per heavy atom. The maximum absolute atomic E-state index is 11.9. The maximum Gasteiger partial charge on any atom is 0.181 e. The molecule has 1 aliphatic carbocycles. The number of carbonyl (C=O) groups excluding carboxylic acids is 2. The Hall–Kier alpha value is -2.23. The van der Waals surface area contributed by atoms with Gasteiger partial charge in [-0.2, -0.15) is 0 Å². The molecule has 0 atom stereocenters. The van der Waals surface area contributed by atoms with Gasteiger partial charge in [0.2, 0.25) is 0 Å².